The van der Waals surface area contributed by atoms with Crippen molar-refractivity contribution in [1.82, 2.24) is 24.5 Å². The van der Waals surface area contributed by atoms with E-state index in [2.05, 4.69) is 22.2 Å². The second-order valence-electron chi connectivity index (χ2n) is 8.42. The van der Waals surface area contributed by atoms with Crippen molar-refractivity contribution in [3.8, 4) is 0 Å². The number of aromatic amines is 1. The number of nitrogens with zero attached hydrogens (tertiary/aromatic N) is 3. The van der Waals surface area contributed by atoms with Crippen LogP contribution >= 0.6 is 11.3 Å². The third kappa shape index (κ3) is 4.03. The summed E-state index contributed by atoms with van der Waals surface area (Å²) in [6.07, 6.45) is 0.809. The summed E-state index contributed by atoms with van der Waals surface area (Å²) < 4.78 is 27.8. The number of hydrogen-bond acceptors (Lipinski definition) is 7. The van der Waals surface area contributed by atoms with Crippen LogP contribution in [0.2, 0.25) is 0 Å². The molecule has 33 heavy (non-hydrogen) atoms. The van der Waals surface area contributed by atoms with Crippen LogP contribution < -0.4 is 11.1 Å². The number of piperazine rings is 1. The number of benzene rings is 1. The fraction of sp³-hybridized carbons (Fsp3) is 0.381. The number of sulfonamides is 1. The smallest absolute Gasteiger partial charge is 0.282 e. The van der Waals surface area contributed by atoms with Crippen molar-refractivity contribution < 1.29 is 13.2 Å². The first kappa shape index (κ1) is 22.0. The molecule has 0 bridgehead atoms. The maximum absolute atomic E-state index is 13.2. The molecule has 0 aliphatic carbocycles. The zero-order valence-corrected chi connectivity index (χ0v) is 19.7. The first-order chi connectivity index (χ1) is 15.7. The van der Waals surface area contributed by atoms with Gasteiger partial charge in [-0.05, 0) is 31.2 Å². The monoisotopic (exact) mass is 487 g/mol. The Morgan fingerprint density at radius 1 is 1.24 bits per heavy atom. The molecular weight excluding hydrogens is 462 g/mol. The standard InChI is InChI=1S/C21H25N7O3S2/c1-12-8-16-17(11-24-12)32-20(26-16)21(29)27-4-6-28(7-5-27)33(30,31)18-10-14-9-13(19(22)23)2-3-15(14)25-18/h2-3,9-10,12,24-25H,4-8,11H2,1H3,(H3,22,23). The number of H-pyrrole nitrogens is 1. The minimum atomic E-state index is -3.75. The van der Waals surface area contributed by atoms with Crippen molar-refractivity contribution in [2.45, 2.75) is 31.0 Å². The fourth-order valence-electron chi connectivity index (χ4n) is 4.22. The van der Waals surface area contributed by atoms with Gasteiger partial charge in [0.1, 0.15) is 10.9 Å². The Bertz CT molecular complexity index is 1350. The maximum Gasteiger partial charge on any atom is 0.282 e. The Kier molecular flexibility index (Phi) is 5.47. The average Bonchev–Trinajstić information content (AvgIpc) is 3.42. The molecule has 0 saturated carbocycles. The van der Waals surface area contributed by atoms with Crippen LogP contribution in [0.4, 0.5) is 0 Å². The summed E-state index contributed by atoms with van der Waals surface area (Å²) in [7, 11) is -3.75. The summed E-state index contributed by atoms with van der Waals surface area (Å²) >= 11 is 1.42. The van der Waals surface area contributed by atoms with Gasteiger partial charge in [-0.15, -0.1) is 11.3 Å². The van der Waals surface area contributed by atoms with Gasteiger partial charge in [-0.2, -0.15) is 4.31 Å². The number of nitrogen functional groups attached to an aromatic ring is 1. The van der Waals surface area contributed by atoms with Crippen LogP contribution in [0.5, 0.6) is 0 Å². The molecule has 0 radical (unpaired) electrons. The van der Waals surface area contributed by atoms with Crippen molar-refractivity contribution in [2.75, 3.05) is 26.2 Å². The first-order valence-electron chi connectivity index (χ1n) is 10.7. The Morgan fingerprint density at radius 2 is 2.00 bits per heavy atom. The molecule has 1 fully saturated rings. The van der Waals surface area contributed by atoms with Gasteiger partial charge in [-0.1, -0.05) is 0 Å². The molecule has 5 rings (SSSR count). The van der Waals surface area contributed by atoms with Crippen molar-refractivity contribution >= 4 is 44.0 Å². The van der Waals surface area contributed by atoms with Crippen molar-refractivity contribution in [2.24, 2.45) is 5.73 Å². The van der Waals surface area contributed by atoms with E-state index in [-0.39, 0.29) is 29.9 Å². The van der Waals surface area contributed by atoms with Crippen LogP contribution in [0.25, 0.3) is 10.9 Å². The van der Waals surface area contributed by atoms with Crippen LogP contribution in [0.15, 0.2) is 29.3 Å². The molecule has 0 spiro atoms. The summed E-state index contributed by atoms with van der Waals surface area (Å²) in [5.41, 5.74) is 7.71. The van der Waals surface area contributed by atoms with Gasteiger partial charge < -0.3 is 20.9 Å². The highest BCUT2D eigenvalue weighted by atomic mass is 32.2. The van der Waals surface area contributed by atoms with Gasteiger partial charge >= 0.3 is 0 Å². The second-order valence-corrected chi connectivity index (χ2v) is 11.4. The first-order valence-corrected chi connectivity index (χ1v) is 13.0. The number of amides is 1. The summed E-state index contributed by atoms with van der Waals surface area (Å²) in [6, 6.07) is 6.98. The zero-order chi connectivity index (χ0) is 23.3. The summed E-state index contributed by atoms with van der Waals surface area (Å²) in [5, 5.41) is 12.2. The van der Waals surface area contributed by atoms with E-state index in [9.17, 15) is 13.2 Å². The van der Waals surface area contributed by atoms with E-state index in [0.29, 0.717) is 40.6 Å². The molecule has 2 aliphatic heterocycles. The number of carbonyl (C=O) groups excluding carboxylic acids is 1. The molecule has 12 heteroatoms. The molecule has 3 aromatic rings. The lowest BCUT2D eigenvalue weighted by molar-refractivity contribution is 0.0697. The number of fused-ring (bicyclic) bond motifs is 2. The van der Waals surface area contributed by atoms with Crippen molar-refractivity contribution in [3.63, 3.8) is 0 Å². The average molecular weight is 488 g/mol. The van der Waals surface area contributed by atoms with Gasteiger partial charge in [0.05, 0.1) is 5.69 Å². The number of carbonyl (C=O) groups is 1. The van der Waals surface area contributed by atoms with Gasteiger partial charge in [0.25, 0.3) is 15.9 Å². The number of aromatic nitrogens is 2. The van der Waals surface area contributed by atoms with Gasteiger partial charge in [0, 0.05) is 66.5 Å². The Hall–Kier alpha value is -2.80. The maximum atomic E-state index is 13.2. The summed E-state index contributed by atoms with van der Waals surface area (Å²) in [5.74, 6) is -0.211. The molecule has 10 nitrogen and oxygen atoms in total. The lowest BCUT2D eigenvalue weighted by atomic mass is 10.1. The topological polar surface area (TPSA) is 148 Å². The third-order valence-corrected chi connectivity index (χ3v) is 9.03. The van der Waals surface area contributed by atoms with Crippen LogP contribution in [0, 0.1) is 5.41 Å². The lowest BCUT2D eigenvalue weighted by Gasteiger charge is -2.33. The number of nitrogens with one attached hydrogen (secondary N) is 3. The normalized spacial score (nSPS) is 19.5. The molecule has 1 saturated heterocycles. The molecule has 2 aliphatic rings. The molecule has 5 N–H and O–H groups in total. The Balaban J connectivity index is 1.29. The summed E-state index contributed by atoms with van der Waals surface area (Å²) in [6.45, 7) is 3.87. The molecule has 4 heterocycles. The number of rotatable bonds is 4. The van der Waals surface area contributed by atoms with Gasteiger partial charge in [0.15, 0.2) is 5.01 Å². The summed E-state index contributed by atoms with van der Waals surface area (Å²) in [4.78, 5) is 23.3. The SMILES string of the molecule is CC1Cc2nc(C(=O)N3CCN(S(=O)(=O)c4cc5cc(C(=N)N)ccc5[nH]4)CC3)sc2CN1. The zero-order valence-electron chi connectivity index (χ0n) is 18.1. The van der Waals surface area contributed by atoms with E-state index < -0.39 is 10.0 Å². The van der Waals surface area contributed by atoms with Crippen LogP contribution in [-0.2, 0) is 23.0 Å². The molecule has 1 aromatic carbocycles. The van der Waals surface area contributed by atoms with E-state index in [1.165, 1.54) is 15.6 Å². The fourth-order valence-corrected chi connectivity index (χ4v) is 6.66. The molecule has 1 unspecified atom stereocenters. The lowest BCUT2D eigenvalue weighted by Crippen LogP contribution is -2.50. The van der Waals surface area contributed by atoms with Gasteiger partial charge in [-0.3, -0.25) is 10.2 Å². The second kappa shape index (κ2) is 8.20. The largest absolute Gasteiger partial charge is 0.384 e. The number of thiazole rings is 1. The number of nitrogens with two attached hydrogens (primary N) is 1. The van der Waals surface area contributed by atoms with Crippen LogP contribution in [0.3, 0.4) is 0 Å². The van der Waals surface area contributed by atoms with Crippen molar-refractivity contribution in [1.29, 1.82) is 5.41 Å². The Labute approximate surface area is 195 Å². The molecule has 2 aromatic heterocycles. The highest BCUT2D eigenvalue weighted by Crippen LogP contribution is 2.26. The highest BCUT2D eigenvalue weighted by Gasteiger charge is 2.33. The molecule has 1 atom stereocenters. The van der Waals surface area contributed by atoms with E-state index in [1.54, 1.807) is 29.2 Å². The van der Waals surface area contributed by atoms with Crippen LogP contribution in [-0.4, -0.2) is 71.6 Å². The van der Waals surface area contributed by atoms with Gasteiger partial charge in [-0.25, -0.2) is 13.4 Å². The molecular formula is C21H25N7O3S2. The third-order valence-electron chi connectivity index (χ3n) is 6.12. The van der Waals surface area contributed by atoms with Crippen LogP contribution in [0.1, 0.15) is 32.9 Å². The predicted octanol–water partition coefficient (Wildman–Crippen LogP) is 1.09. The molecule has 1 amide bonds. The van der Waals surface area contributed by atoms with E-state index in [4.69, 9.17) is 11.1 Å². The predicted molar refractivity (Wildman–Crippen MR) is 126 cm³/mol. The number of hydrogen-bond donors (Lipinski definition) is 4. The minimum Gasteiger partial charge on any atom is -0.384 e. The minimum absolute atomic E-state index is 0.0739. The van der Waals surface area contributed by atoms with E-state index in [1.807, 2.05) is 0 Å². The van der Waals surface area contributed by atoms with Crippen molar-refractivity contribution in [3.05, 3.63) is 45.4 Å². The quantitative estimate of drug-likeness (QED) is 0.320. The Morgan fingerprint density at radius 3 is 2.73 bits per heavy atom. The van der Waals surface area contributed by atoms with Gasteiger partial charge in [0.2, 0.25) is 0 Å². The van der Waals surface area contributed by atoms with E-state index in [0.717, 1.165) is 23.5 Å². The number of amidine groups is 1. The highest BCUT2D eigenvalue weighted by molar-refractivity contribution is 7.89. The molecule has 174 valence electrons. The van der Waals surface area contributed by atoms with E-state index >= 15 is 0 Å².